The van der Waals surface area contributed by atoms with E-state index in [2.05, 4.69) is 0 Å². The van der Waals surface area contributed by atoms with Crippen LogP contribution in [0.25, 0.3) is 0 Å². The van der Waals surface area contributed by atoms with Crippen molar-refractivity contribution in [2.24, 2.45) is 5.92 Å². The summed E-state index contributed by atoms with van der Waals surface area (Å²) in [6, 6.07) is 3.19. The maximum Gasteiger partial charge on any atom is 0.169 e. The second-order valence-corrected chi connectivity index (χ2v) is 4.45. The van der Waals surface area contributed by atoms with Crippen molar-refractivity contribution < 1.29 is 9.53 Å². The van der Waals surface area contributed by atoms with Crippen molar-refractivity contribution in [2.45, 2.75) is 12.8 Å². The first kappa shape index (κ1) is 10.8. The molecule has 2 nitrogen and oxygen atoms in total. The van der Waals surface area contributed by atoms with Crippen LogP contribution in [0.3, 0.4) is 0 Å². The number of carbonyl (C=O) groups excluding carboxylic acids is 1. The standard InChI is InChI=1S/C11H10Cl2O2/c1-15-11-8(10(14)6-2-3-6)4-7(12)5-9(11)13/h4-6H,2-3H2,1H3. The Labute approximate surface area is 98.1 Å². The van der Waals surface area contributed by atoms with Crippen LogP contribution in [-0.2, 0) is 0 Å². The molecule has 2 rings (SSSR count). The van der Waals surface area contributed by atoms with E-state index in [0.29, 0.717) is 21.4 Å². The number of benzene rings is 1. The first-order valence-electron chi connectivity index (χ1n) is 4.70. The fourth-order valence-electron chi connectivity index (χ4n) is 1.52. The highest BCUT2D eigenvalue weighted by Gasteiger charge is 2.32. The number of ether oxygens (including phenoxy) is 1. The zero-order valence-electron chi connectivity index (χ0n) is 8.22. The summed E-state index contributed by atoms with van der Waals surface area (Å²) in [5.74, 6) is 0.641. The van der Waals surface area contributed by atoms with Crippen molar-refractivity contribution in [1.29, 1.82) is 0 Å². The van der Waals surface area contributed by atoms with Gasteiger partial charge in [-0.25, -0.2) is 0 Å². The van der Waals surface area contributed by atoms with E-state index in [9.17, 15) is 4.79 Å². The van der Waals surface area contributed by atoms with Gasteiger partial charge in [0, 0.05) is 10.9 Å². The van der Waals surface area contributed by atoms with Crippen molar-refractivity contribution in [2.75, 3.05) is 7.11 Å². The molecule has 0 spiro atoms. The summed E-state index contributed by atoms with van der Waals surface area (Å²) in [5.41, 5.74) is 0.498. The van der Waals surface area contributed by atoms with E-state index in [4.69, 9.17) is 27.9 Å². The molecule has 1 aromatic rings. The van der Waals surface area contributed by atoms with Crippen molar-refractivity contribution in [3.63, 3.8) is 0 Å². The summed E-state index contributed by atoms with van der Waals surface area (Å²) in [4.78, 5) is 11.9. The van der Waals surface area contributed by atoms with Crippen LogP contribution in [0.4, 0.5) is 0 Å². The normalized spacial score (nSPS) is 15.1. The van der Waals surface area contributed by atoms with Gasteiger partial charge in [0.1, 0.15) is 5.75 Å². The van der Waals surface area contributed by atoms with Crippen molar-refractivity contribution in [1.82, 2.24) is 0 Å². The van der Waals surface area contributed by atoms with Gasteiger partial charge in [0.25, 0.3) is 0 Å². The van der Waals surface area contributed by atoms with Gasteiger partial charge in [-0.3, -0.25) is 4.79 Å². The van der Waals surface area contributed by atoms with Gasteiger partial charge in [-0.05, 0) is 25.0 Å². The van der Waals surface area contributed by atoms with E-state index in [1.807, 2.05) is 0 Å². The van der Waals surface area contributed by atoms with E-state index in [-0.39, 0.29) is 11.7 Å². The van der Waals surface area contributed by atoms with E-state index >= 15 is 0 Å². The number of Topliss-reactive ketones (excluding diaryl/α,β-unsaturated/α-hetero) is 1. The number of halogens is 2. The summed E-state index contributed by atoms with van der Waals surface area (Å²) >= 11 is 11.8. The number of ketones is 1. The van der Waals surface area contributed by atoms with Crippen LogP contribution in [0.5, 0.6) is 5.75 Å². The van der Waals surface area contributed by atoms with Crippen LogP contribution in [0.15, 0.2) is 12.1 Å². The van der Waals surface area contributed by atoms with Crippen molar-refractivity contribution in [3.8, 4) is 5.75 Å². The third-order valence-corrected chi connectivity index (χ3v) is 2.93. The monoisotopic (exact) mass is 244 g/mol. The molecule has 0 radical (unpaired) electrons. The lowest BCUT2D eigenvalue weighted by molar-refractivity contribution is 0.0964. The molecule has 0 bridgehead atoms. The molecule has 0 amide bonds. The quantitative estimate of drug-likeness (QED) is 0.760. The number of hydrogen-bond acceptors (Lipinski definition) is 2. The van der Waals surface area contributed by atoms with Crippen LogP contribution in [0.1, 0.15) is 23.2 Å². The molecule has 1 aromatic carbocycles. The van der Waals surface area contributed by atoms with E-state index in [1.54, 1.807) is 12.1 Å². The first-order valence-corrected chi connectivity index (χ1v) is 5.46. The number of rotatable bonds is 3. The Bertz CT molecular complexity index is 411. The molecule has 0 aliphatic heterocycles. The van der Waals surface area contributed by atoms with Gasteiger partial charge in [0.2, 0.25) is 0 Å². The SMILES string of the molecule is COc1c(Cl)cc(Cl)cc1C(=O)C1CC1. The van der Waals surface area contributed by atoms with Gasteiger partial charge < -0.3 is 4.74 Å². The molecule has 1 aliphatic rings. The number of carbonyl (C=O) groups is 1. The summed E-state index contributed by atoms with van der Waals surface area (Å²) < 4.78 is 5.12. The van der Waals surface area contributed by atoms with Gasteiger partial charge >= 0.3 is 0 Å². The molecule has 0 aromatic heterocycles. The molecular formula is C11H10Cl2O2. The lowest BCUT2D eigenvalue weighted by Gasteiger charge is -2.09. The Morgan fingerprint density at radius 1 is 1.40 bits per heavy atom. The summed E-state index contributed by atoms with van der Waals surface area (Å²) in [5, 5.41) is 0.846. The zero-order valence-corrected chi connectivity index (χ0v) is 9.73. The van der Waals surface area contributed by atoms with E-state index in [0.717, 1.165) is 12.8 Å². The van der Waals surface area contributed by atoms with Gasteiger partial charge in [-0.2, -0.15) is 0 Å². The maximum atomic E-state index is 11.9. The van der Waals surface area contributed by atoms with Crippen LogP contribution >= 0.6 is 23.2 Å². The molecule has 15 heavy (non-hydrogen) atoms. The second kappa shape index (κ2) is 4.03. The predicted octanol–water partition coefficient (Wildman–Crippen LogP) is 3.59. The Kier molecular flexibility index (Phi) is 2.89. The third kappa shape index (κ3) is 2.11. The molecule has 0 saturated heterocycles. The van der Waals surface area contributed by atoms with Crippen LogP contribution in [0, 0.1) is 5.92 Å². The largest absolute Gasteiger partial charge is 0.494 e. The van der Waals surface area contributed by atoms with Crippen molar-refractivity contribution in [3.05, 3.63) is 27.7 Å². The highest BCUT2D eigenvalue weighted by Crippen LogP contribution is 2.39. The lowest BCUT2D eigenvalue weighted by Crippen LogP contribution is -2.04. The van der Waals surface area contributed by atoms with Crippen molar-refractivity contribution >= 4 is 29.0 Å². The first-order chi connectivity index (χ1) is 7.13. The van der Waals surface area contributed by atoms with Crippen LogP contribution in [0.2, 0.25) is 10.0 Å². The van der Waals surface area contributed by atoms with Gasteiger partial charge in [-0.15, -0.1) is 0 Å². The van der Waals surface area contributed by atoms with Crippen LogP contribution in [-0.4, -0.2) is 12.9 Å². The molecule has 0 unspecified atom stereocenters. The summed E-state index contributed by atoms with van der Waals surface area (Å²) in [6.45, 7) is 0. The minimum absolute atomic E-state index is 0.0799. The molecule has 0 atom stereocenters. The third-order valence-electron chi connectivity index (χ3n) is 2.43. The molecule has 1 saturated carbocycles. The second-order valence-electron chi connectivity index (χ2n) is 3.61. The predicted molar refractivity (Wildman–Crippen MR) is 60.1 cm³/mol. The molecule has 80 valence electrons. The smallest absolute Gasteiger partial charge is 0.169 e. The lowest BCUT2D eigenvalue weighted by atomic mass is 10.1. The Morgan fingerprint density at radius 2 is 2.07 bits per heavy atom. The summed E-state index contributed by atoms with van der Waals surface area (Å²) in [7, 11) is 1.50. The van der Waals surface area contributed by atoms with Crippen LogP contribution < -0.4 is 4.74 Å². The minimum Gasteiger partial charge on any atom is -0.494 e. The highest BCUT2D eigenvalue weighted by molar-refractivity contribution is 6.36. The van der Waals surface area contributed by atoms with Gasteiger partial charge in [0.05, 0.1) is 17.7 Å². The Balaban J connectivity index is 2.47. The molecular weight excluding hydrogens is 235 g/mol. The molecule has 1 fully saturated rings. The Morgan fingerprint density at radius 3 is 2.60 bits per heavy atom. The molecule has 0 N–H and O–H groups in total. The van der Waals surface area contributed by atoms with E-state index in [1.165, 1.54) is 7.11 Å². The summed E-state index contributed by atoms with van der Waals surface area (Å²) in [6.07, 6.45) is 1.90. The molecule has 1 aliphatic carbocycles. The fraction of sp³-hybridized carbons (Fsp3) is 0.364. The molecule has 4 heteroatoms. The fourth-order valence-corrected chi connectivity index (χ4v) is 2.09. The van der Waals surface area contributed by atoms with Gasteiger partial charge in [0.15, 0.2) is 5.78 Å². The Hall–Kier alpha value is -0.730. The maximum absolute atomic E-state index is 11.9. The number of hydrogen-bond donors (Lipinski definition) is 0. The van der Waals surface area contributed by atoms with E-state index < -0.39 is 0 Å². The highest BCUT2D eigenvalue weighted by atomic mass is 35.5. The average molecular weight is 245 g/mol. The average Bonchev–Trinajstić information content (AvgIpc) is 2.98. The zero-order chi connectivity index (χ0) is 11.0. The minimum atomic E-state index is 0.0799. The topological polar surface area (TPSA) is 26.3 Å². The molecule has 0 heterocycles. The number of methoxy groups -OCH3 is 1. The van der Waals surface area contributed by atoms with Gasteiger partial charge in [-0.1, -0.05) is 23.2 Å².